The highest BCUT2D eigenvalue weighted by Gasteiger charge is 2.54. The molecule has 1 aliphatic carbocycles. The maximum atomic E-state index is 13.8. The summed E-state index contributed by atoms with van der Waals surface area (Å²) in [6.07, 6.45) is -1.33. The highest BCUT2D eigenvalue weighted by molar-refractivity contribution is 5.86. The Hall–Kier alpha value is -3.05. The Bertz CT molecular complexity index is 1260. The number of carboxylic acid groups (broad SMARTS) is 1. The van der Waals surface area contributed by atoms with Crippen molar-refractivity contribution in [1.29, 1.82) is 0 Å². The SMILES string of the molecule is O=C(O)C[C@H]1CN([C@@H]2CC[C@@](C(=O)NCc3cc(F)cc(C(F)(F)F)c3)(C3CC3)OC2)CCC1c1ccc(F)cc1. The number of hydrogen-bond acceptors (Lipinski definition) is 4. The molecule has 1 amide bonds. The second-order valence-electron chi connectivity index (χ2n) is 11.5. The van der Waals surface area contributed by atoms with Gasteiger partial charge in [-0.25, -0.2) is 8.78 Å². The van der Waals surface area contributed by atoms with Gasteiger partial charge >= 0.3 is 12.1 Å². The molecule has 2 aromatic rings. The number of benzene rings is 2. The number of carbonyl (C=O) groups excluding carboxylic acids is 1. The molecule has 1 unspecified atom stereocenters. The highest BCUT2D eigenvalue weighted by atomic mass is 19.4. The van der Waals surface area contributed by atoms with Crippen LogP contribution in [0.15, 0.2) is 42.5 Å². The second-order valence-corrected chi connectivity index (χ2v) is 11.5. The number of rotatable bonds is 8. The Labute approximate surface area is 234 Å². The van der Waals surface area contributed by atoms with Crippen molar-refractivity contribution in [2.45, 2.75) is 68.8 Å². The molecular weight excluding hydrogens is 547 g/mol. The summed E-state index contributed by atoms with van der Waals surface area (Å²) in [5, 5.41) is 12.2. The summed E-state index contributed by atoms with van der Waals surface area (Å²) in [6, 6.07) is 8.41. The molecule has 2 aromatic carbocycles. The number of nitrogens with zero attached hydrogens (tertiary/aromatic N) is 1. The molecule has 1 saturated carbocycles. The Balaban J connectivity index is 1.22. The zero-order valence-corrected chi connectivity index (χ0v) is 22.4. The van der Waals surface area contributed by atoms with Crippen LogP contribution in [-0.2, 0) is 27.0 Å². The predicted molar refractivity (Wildman–Crippen MR) is 139 cm³/mol. The third-order valence-corrected chi connectivity index (χ3v) is 8.76. The van der Waals surface area contributed by atoms with Gasteiger partial charge in [0.05, 0.1) is 12.2 Å². The van der Waals surface area contributed by atoms with Crippen LogP contribution in [0.25, 0.3) is 0 Å². The van der Waals surface area contributed by atoms with Crippen LogP contribution in [0.2, 0.25) is 0 Å². The molecule has 41 heavy (non-hydrogen) atoms. The molecule has 3 aliphatic rings. The zero-order valence-electron chi connectivity index (χ0n) is 22.4. The van der Waals surface area contributed by atoms with Gasteiger partial charge in [-0.1, -0.05) is 12.1 Å². The number of ether oxygens (including phenoxy) is 1. The number of nitrogens with one attached hydrogen (secondary N) is 1. The van der Waals surface area contributed by atoms with E-state index in [1.54, 1.807) is 12.1 Å². The summed E-state index contributed by atoms with van der Waals surface area (Å²) in [5.74, 6) is -2.84. The molecule has 4 atom stereocenters. The smallest absolute Gasteiger partial charge is 0.416 e. The lowest BCUT2D eigenvalue weighted by molar-refractivity contribution is -0.166. The highest BCUT2D eigenvalue weighted by Crippen LogP contribution is 2.48. The first kappa shape index (κ1) is 29.4. The molecule has 5 rings (SSSR count). The van der Waals surface area contributed by atoms with Crippen LogP contribution >= 0.6 is 0 Å². The summed E-state index contributed by atoms with van der Waals surface area (Å²) in [7, 11) is 0. The number of aliphatic carboxylic acids is 1. The molecule has 2 N–H and O–H groups in total. The molecule has 2 saturated heterocycles. The Morgan fingerprint density at radius 2 is 1.76 bits per heavy atom. The van der Waals surface area contributed by atoms with Crippen LogP contribution in [0.3, 0.4) is 0 Å². The summed E-state index contributed by atoms with van der Waals surface area (Å²) < 4.78 is 72.8. The third kappa shape index (κ3) is 6.72. The van der Waals surface area contributed by atoms with Gasteiger partial charge in [-0.3, -0.25) is 14.5 Å². The van der Waals surface area contributed by atoms with Crippen molar-refractivity contribution in [1.82, 2.24) is 10.2 Å². The fraction of sp³-hybridized carbons (Fsp3) is 0.533. The number of halogens is 5. The summed E-state index contributed by atoms with van der Waals surface area (Å²) >= 11 is 0. The van der Waals surface area contributed by atoms with Gasteiger partial charge in [0.25, 0.3) is 5.91 Å². The fourth-order valence-electron chi connectivity index (χ4n) is 6.53. The molecule has 2 aliphatic heterocycles. The average Bonchev–Trinajstić information content (AvgIpc) is 3.77. The van der Waals surface area contributed by atoms with E-state index >= 15 is 0 Å². The topological polar surface area (TPSA) is 78.9 Å². The first-order chi connectivity index (χ1) is 19.4. The minimum atomic E-state index is -4.70. The minimum Gasteiger partial charge on any atom is -0.481 e. The van der Waals surface area contributed by atoms with Crippen molar-refractivity contribution >= 4 is 11.9 Å². The number of amides is 1. The van der Waals surface area contributed by atoms with Crippen molar-refractivity contribution in [3.05, 3.63) is 70.8 Å². The van der Waals surface area contributed by atoms with Crippen LogP contribution in [0, 0.1) is 23.5 Å². The van der Waals surface area contributed by atoms with Crippen LogP contribution < -0.4 is 5.32 Å². The lowest BCUT2D eigenvalue weighted by Gasteiger charge is -2.46. The Morgan fingerprint density at radius 1 is 1.02 bits per heavy atom. The Morgan fingerprint density at radius 3 is 2.37 bits per heavy atom. The fourth-order valence-corrected chi connectivity index (χ4v) is 6.53. The van der Waals surface area contributed by atoms with Gasteiger partial charge in [-0.15, -0.1) is 0 Å². The maximum absolute atomic E-state index is 13.8. The predicted octanol–water partition coefficient (Wildman–Crippen LogP) is 5.51. The van der Waals surface area contributed by atoms with Gasteiger partial charge in [0, 0.05) is 25.6 Å². The molecular formula is C30H33F5N2O4. The van der Waals surface area contributed by atoms with Gasteiger partial charge in [-0.05, 0) is 97.9 Å². The van der Waals surface area contributed by atoms with Crippen LogP contribution in [0.4, 0.5) is 22.0 Å². The van der Waals surface area contributed by atoms with E-state index < -0.39 is 35.0 Å². The van der Waals surface area contributed by atoms with Crippen molar-refractivity contribution in [2.75, 3.05) is 19.7 Å². The van der Waals surface area contributed by atoms with E-state index in [0.29, 0.717) is 38.4 Å². The lowest BCUT2D eigenvalue weighted by atomic mass is 9.77. The molecule has 2 heterocycles. The average molecular weight is 581 g/mol. The van der Waals surface area contributed by atoms with E-state index in [2.05, 4.69) is 10.2 Å². The van der Waals surface area contributed by atoms with Crippen LogP contribution in [0.1, 0.15) is 61.1 Å². The van der Waals surface area contributed by atoms with Crippen LogP contribution in [-0.4, -0.2) is 53.2 Å². The molecule has 6 nitrogen and oxygen atoms in total. The monoisotopic (exact) mass is 580 g/mol. The van der Waals surface area contributed by atoms with E-state index in [1.807, 2.05) is 0 Å². The molecule has 0 bridgehead atoms. The van der Waals surface area contributed by atoms with Gasteiger partial charge in [0.1, 0.15) is 17.2 Å². The zero-order chi connectivity index (χ0) is 29.4. The van der Waals surface area contributed by atoms with E-state index in [4.69, 9.17) is 4.74 Å². The van der Waals surface area contributed by atoms with Crippen molar-refractivity contribution in [3.63, 3.8) is 0 Å². The van der Waals surface area contributed by atoms with Gasteiger partial charge in [0.2, 0.25) is 0 Å². The van der Waals surface area contributed by atoms with Crippen molar-refractivity contribution in [2.24, 2.45) is 11.8 Å². The molecule has 0 aromatic heterocycles. The quantitative estimate of drug-likeness (QED) is 0.403. The lowest BCUT2D eigenvalue weighted by Crippen LogP contribution is -2.58. The summed E-state index contributed by atoms with van der Waals surface area (Å²) in [5.41, 5.74) is -1.27. The molecule has 0 radical (unpaired) electrons. The number of carboxylic acids is 1. The first-order valence-corrected chi connectivity index (χ1v) is 13.9. The molecule has 3 fully saturated rings. The molecule has 11 heteroatoms. The van der Waals surface area contributed by atoms with Gasteiger partial charge in [0.15, 0.2) is 0 Å². The number of likely N-dealkylation sites (tertiary alicyclic amines) is 1. The van der Waals surface area contributed by atoms with Crippen molar-refractivity contribution in [3.8, 4) is 0 Å². The normalized spacial score (nSPS) is 27.4. The molecule has 0 spiro atoms. The number of hydrogen-bond donors (Lipinski definition) is 2. The summed E-state index contributed by atoms with van der Waals surface area (Å²) in [6.45, 7) is 1.25. The maximum Gasteiger partial charge on any atom is 0.416 e. The third-order valence-electron chi connectivity index (χ3n) is 8.76. The van der Waals surface area contributed by atoms with Crippen molar-refractivity contribution < 1.29 is 41.4 Å². The minimum absolute atomic E-state index is 0.00525. The van der Waals surface area contributed by atoms with E-state index in [9.17, 15) is 36.6 Å². The second kappa shape index (κ2) is 11.7. The van der Waals surface area contributed by atoms with Gasteiger partial charge < -0.3 is 15.2 Å². The Kier molecular flexibility index (Phi) is 8.39. The number of alkyl halides is 3. The summed E-state index contributed by atoms with van der Waals surface area (Å²) in [4.78, 5) is 27.2. The van der Waals surface area contributed by atoms with E-state index in [1.165, 1.54) is 12.1 Å². The van der Waals surface area contributed by atoms with Crippen LogP contribution in [0.5, 0.6) is 0 Å². The van der Waals surface area contributed by atoms with E-state index in [0.717, 1.165) is 30.5 Å². The van der Waals surface area contributed by atoms with E-state index in [-0.39, 0.29) is 54.7 Å². The molecule has 222 valence electrons. The first-order valence-electron chi connectivity index (χ1n) is 13.9. The number of carbonyl (C=O) groups is 2. The van der Waals surface area contributed by atoms with Gasteiger partial charge in [-0.2, -0.15) is 13.2 Å². The standard InChI is InChI=1S/C30H33F5N2O4/c31-23-5-1-19(2-6-23)26-8-10-37(16-20(26)13-27(38)39)25-7-9-29(41-17-25,21-3-4-21)28(40)36-15-18-11-22(30(33,34)35)14-24(32)12-18/h1-2,5-6,11-12,14,20-21,25-26H,3-4,7-10,13,15-17H2,(H,36,40)(H,38,39)/t20-,25+,26?,29-/m0/s1. The number of piperidine rings is 1. The largest absolute Gasteiger partial charge is 0.481 e.